The summed E-state index contributed by atoms with van der Waals surface area (Å²) in [5, 5.41) is 0. The summed E-state index contributed by atoms with van der Waals surface area (Å²) >= 11 is 0. The van der Waals surface area contributed by atoms with Gasteiger partial charge in [-0.15, -0.1) is 0 Å². The Morgan fingerprint density at radius 3 is 2.76 bits per heavy atom. The molecule has 0 bridgehead atoms. The van der Waals surface area contributed by atoms with Crippen molar-refractivity contribution in [1.82, 2.24) is 4.98 Å². The van der Waals surface area contributed by atoms with Crippen molar-refractivity contribution in [3.8, 4) is 0 Å². The number of nitrogens with zero attached hydrogens (tertiary/aromatic N) is 1. The van der Waals surface area contributed by atoms with Gasteiger partial charge in [0.15, 0.2) is 0 Å². The fourth-order valence-corrected chi connectivity index (χ4v) is 2.55. The van der Waals surface area contributed by atoms with Crippen LogP contribution in [0.15, 0.2) is 12.1 Å². The molecule has 0 spiro atoms. The average Bonchev–Trinajstić information content (AvgIpc) is 2.55. The Kier molecular flexibility index (Phi) is 4.36. The molecule has 0 fully saturated rings. The standard InChI is InChI=1S/C16H23N/c1-3-8-13-12-14-10-6-5-7-11-16(14)17-15(13)9-4-2/h7,11-12H,3-6,8-10H2,1-2H3. The first kappa shape index (κ1) is 12.3. The molecule has 0 N–H and O–H groups in total. The highest BCUT2D eigenvalue weighted by atomic mass is 14.7. The van der Waals surface area contributed by atoms with Crippen molar-refractivity contribution in [2.75, 3.05) is 0 Å². The van der Waals surface area contributed by atoms with Gasteiger partial charge in [-0.25, -0.2) is 0 Å². The molecule has 1 heteroatoms. The second-order valence-electron chi connectivity index (χ2n) is 4.93. The SMILES string of the molecule is CCCc1cc2c(nc1CCC)C=CCCC2. The molecule has 0 aliphatic heterocycles. The summed E-state index contributed by atoms with van der Waals surface area (Å²) in [4.78, 5) is 4.89. The smallest absolute Gasteiger partial charge is 0.0661 e. The maximum absolute atomic E-state index is 4.89. The summed E-state index contributed by atoms with van der Waals surface area (Å²) in [5.74, 6) is 0. The van der Waals surface area contributed by atoms with Gasteiger partial charge in [0, 0.05) is 5.69 Å². The van der Waals surface area contributed by atoms with E-state index < -0.39 is 0 Å². The summed E-state index contributed by atoms with van der Waals surface area (Å²) in [6.07, 6.45) is 12.9. The normalized spacial score (nSPS) is 14.5. The third-order valence-corrected chi connectivity index (χ3v) is 3.40. The lowest BCUT2D eigenvalue weighted by atomic mass is 9.99. The molecule has 0 saturated heterocycles. The van der Waals surface area contributed by atoms with Crippen LogP contribution in [0.2, 0.25) is 0 Å². The topological polar surface area (TPSA) is 12.9 Å². The lowest BCUT2D eigenvalue weighted by molar-refractivity contribution is 0.805. The molecule has 0 unspecified atom stereocenters. The highest BCUT2D eigenvalue weighted by Crippen LogP contribution is 2.22. The molecular formula is C16H23N. The van der Waals surface area contributed by atoms with Gasteiger partial charge in [0.05, 0.1) is 5.69 Å². The van der Waals surface area contributed by atoms with Gasteiger partial charge in [-0.3, -0.25) is 4.98 Å². The Morgan fingerprint density at radius 1 is 1.18 bits per heavy atom. The van der Waals surface area contributed by atoms with E-state index in [0.717, 1.165) is 6.42 Å². The van der Waals surface area contributed by atoms with Gasteiger partial charge >= 0.3 is 0 Å². The molecule has 0 amide bonds. The minimum Gasteiger partial charge on any atom is -0.253 e. The predicted octanol–water partition coefficient (Wildman–Crippen LogP) is 4.34. The van der Waals surface area contributed by atoms with Crippen LogP contribution >= 0.6 is 0 Å². The zero-order valence-corrected chi connectivity index (χ0v) is 11.1. The minimum atomic E-state index is 1.12. The quantitative estimate of drug-likeness (QED) is 0.748. The van der Waals surface area contributed by atoms with Crippen molar-refractivity contribution >= 4 is 6.08 Å². The zero-order valence-electron chi connectivity index (χ0n) is 11.1. The van der Waals surface area contributed by atoms with Crippen LogP contribution in [0, 0.1) is 0 Å². The van der Waals surface area contributed by atoms with E-state index in [9.17, 15) is 0 Å². The van der Waals surface area contributed by atoms with Gasteiger partial charge in [-0.1, -0.05) is 38.8 Å². The Balaban J connectivity index is 2.39. The predicted molar refractivity (Wildman–Crippen MR) is 74.2 cm³/mol. The molecule has 2 rings (SSSR count). The van der Waals surface area contributed by atoms with Crippen LogP contribution in [0.1, 0.15) is 62.0 Å². The summed E-state index contributed by atoms with van der Waals surface area (Å²) < 4.78 is 0. The number of aryl methyl sites for hydroxylation is 3. The number of pyridine rings is 1. The molecule has 92 valence electrons. The fraction of sp³-hybridized carbons (Fsp3) is 0.562. The second kappa shape index (κ2) is 6.00. The van der Waals surface area contributed by atoms with Crippen LogP contribution in [0.5, 0.6) is 0 Å². The van der Waals surface area contributed by atoms with Gasteiger partial charge < -0.3 is 0 Å². The summed E-state index contributed by atoms with van der Waals surface area (Å²) in [7, 11) is 0. The Bertz CT molecular complexity index is 404. The van der Waals surface area contributed by atoms with Gasteiger partial charge in [0.25, 0.3) is 0 Å². The summed E-state index contributed by atoms with van der Waals surface area (Å²) in [6.45, 7) is 4.49. The molecule has 0 radical (unpaired) electrons. The molecule has 1 aromatic rings. The molecule has 1 heterocycles. The molecule has 0 atom stereocenters. The van der Waals surface area contributed by atoms with E-state index in [1.54, 1.807) is 0 Å². The maximum Gasteiger partial charge on any atom is 0.0661 e. The lowest BCUT2D eigenvalue weighted by Gasteiger charge is -2.12. The van der Waals surface area contributed by atoms with Crippen molar-refractivity contribution in [1.29, 1.82) is 0 Å². The van der Waals surface area contributed by atoms with E-state index in [1.165, 1.54) is 61.0 Å². The molecule has 0 aromatic carbocycles. The monoisotopic (exact) mass is 229 g/mol. The first-order valence-electron chi connectivity index (χ1n) is 7.03. The molecule has 0 saturated carbocycles. The number of hydrogen-bond donors (Lipinski definition) is 0. The Hall–Kier alpha value is -1.11. The van der Waals surface area contributed by atoms with Crippen LogP contribution in [0.3, 0.4) is 0 Å². The van der Waals surface area contributed by atoms with Crippen molar-refractivity contribution in [3.05, 3.63) is 34.7 Å². The number of hydrogen-bond acceptors (Lipinski definition) is 1. The van der Waals surface area contributed by atoms with Gasteiger partial charge in [-0.2, -0.15) is 0 Å². The van der Waals surface area contributed by atoms with Gasteiger partial charge in [0.2, 0.25) is 0 Å². The van der Waals surface area contributed by atoms with Gasteiger partial charge in [0.1, 0.15) is 0 Å². The summed E-state index contributed by atoms with van der Waals surface area (Å²) in [6, 6.07) is 2.42. The highest BCUT2D eigenvalue weighted by Gasteiger charge is 2.10. The molecule has 17 heavy (non-hydrogen) atoms. The number of aromatic nitrogens is 1. The Labute approximate surface area is 105 Å². The third kappa shape index (κ3) is 2.96. The largest absolute Gasteiger partial charge is 0.253 e. The van der Waals surface area contributed by atoms with Crippen molar-refractivity contribution < 1.29 is 0 Å². The van der Waals surface area contributed by atoms with E-state index in [-0.39, 0.29) is 0 Å². The molecule has 1 aliphatic rings. The molecular weight excluding hydrogens is 206 g/mol. The zero-order chi connectivity index (χ0) is 12.1. The number of rotatable bonds is 4. The van der Waals surface area contributed by atoms with E-state index in [2.05, 4.69) is 32.1 Å². The first-order valence-corrected chi connectivity index (χ1v) is 7.03. The maximum atomic E-state index is 4.89. The van der Waals surface area contributed by atoms with Crippen molar-refractivity contribution in [3.63, 3.8) is 0 Å². The first-order chi connectivity index (χ1) is 8.35. The molecule has 1 nitrogen and oxygen atoms in total. The van der Waals surface area contributed by atoms with Crippen LogP contribution in [0.4, 0.5) is 0 Å². The average molecular weight is 229 g/mol. The highest BCUT2D eigenvalue weighted by molar-refractivity contribution is 5.52. The van der Waals surface area contributed by atoms with Crippen molar-refractivity contribution in [2.24, 2.45) is 0 Å². The summed E-state index contributed by atoms with van der Waals surface area (Å²) in [5.41, 5.74) is 5.51. The minimum absolute atomic E-state index is 1.12. The Morgan fingerprint density at radius 2 is 2.00 bits per heavy atom. The fourth-order valence-electron chi connectivity index (χ4n) is 2.55. The molecule has 1 aromatic heterocycles. The number of fused-ring (bicyclic) bond motifs is 1. The van der Waals surface area contributed by atoms with Crippen LogP contribution < -0.4 is 0 Å². The van der Waals surface area contributed by atoms with Crippen LogP contribution in [-0.2, 0) is 19.3 Å². The van der Waals surface area contributed by atoms with Crippen LogP contribution in [-0.4, -0.2) is 4.98 Å². The van der Waals surface area contributed by atoms with E-state index in [1.807, 2.05) is 0 Å². The van der Waals surface area contributed by atoms with Crippen LogP contribution in [0.25, 0.3) is 6.08 Å². The third-order valence-electron chi connectivity index (χ3n) is 3.40. The van der Waals surface area contributed by atoms with E-state index in [4.69, 9.17) is 4.98 Å². The van der Waals surface area contributed by atoms with Gasteiger partial charge in [-0.05, 0) is 49.3 Å². The molecule has 1 aliphatic carbocycles. The second-order valence-corrected chi connectivity index (χ2v) is 4.93. The van der Waals surface area contributed by atoms with E-state index >= 15 is 0 Å². The van der Waals surface area contributed by atoms with Crippen molar-refractivity contribution in [2.45, 2.75) is 58.8 Å². The van der Waals surface area contributed by atoms with E-state index in [0.29, 0.717) is 0 Å². The number of allylic oxidation sites excluding steroid dienone is 1. The lowest BCUT2D eigenvalue weighted by Crippen LogP contribution is -2.03.